The molecule has 0 heterocycles. The molecule has 0 saturated heterocycles. The van der Waals surface area contributed by atoms with Crippen molar-refractivity contribution >= 4 is 29.2 Å². The van der Waals surface area contributed by atoms with Crippen molar-refractivity contribution in [3.8, 4) is 11.5 Å². The summed E-state index contributed by atoms with van der Waals surface area (Å²) in [7, 11) is 1.45. The number of methoxy groups -OCH3 is 1. The lowest BCUT2D eigenvalue weighted by atomic mass is 10.2. The molecule has 0 unspecified atom stereocenters. The van der Waals surface area contributed by atoms with Crippen LogP contribution in [0.25, 0.3) is 0 Å². The largest absolute Gasteiger partial charge is 0.493 e. The van der Waals surface area contributed by atoms with Crippen LogP contribution in [0.2, 0.25) is 5.02 Å². The number of nitrogens with zero attached hydrogens (tertiary/aromatic N) is 2. The molecule has 8 heteroatoms. The predicted molar refractivity (Wildman–Crippen MR) is 112 cm³/mol. The van der Waals surface area contributed by atoms with Gasteiger partial charge in [-0.15, -0.1) is 0 Å². The van der Waals surface area contributed by atoms with Gasteiger partial charge in [0.1, 0.15) is 0 Å². The molecule has 0 saturated carbocycles. The number of ether oxygens (including phenoxy) is 2. The van der Waals surface area contributed by atoms with Crippen LogP contribution in [-0.4, -0.2) is 24.9 Å². The quantitative estimate of drug-likeness (QED) is 0.241. The first-order valence-corrected chi connectivity index (χ1v) is 9.38. The van der Waals surface area contributed by atoms with E-state index >= 15 is 0 Å². The summed E-state index contributed by atoms with van der Waals surface area (Å²) in [6.07, 6.45) is 4.33. The van der Waals surface area contributed by atoms with Gasteiger partial charge in [-0.25, -0.2) is 0 Å². The molecule has 0 atom stereocenters. The molecular formula is C20H24ClN3O4. The fourth-order valence-corrected chi connectivity index (χ4v) is 2.67. The topological polar surface area (TPSA) is 86.0 Å². The maximum Gasteiger partial charge on any atom is 0.315 e. The lowest BCUT2D eigenvalue weighted by Crippen LogP contribution is -2.04. The second-order valence-corrected chi connectivity index (χ2v) is 6.63. The van der Waals surface area contributed by atoms with Gasteiger partial charge in [0.15, 0.2) is 5.75 Å². The molecular weight excluding hydrogens is 382 g/mol. The van der Waals surface area contributed by atoms with Crippen molar-refractivity contribution in [3.05, 3.63) is 56.6 Å². The zero-order chi connectivity index (χ0) is 20.5. The van der Waals surface area contributed by atoms with Crippen molar-refractivity contribution in [1.82, 2.24) is 0 Å². The Bertz CT molecular complexity index is 856. The Morgan fingerprint density at radius 1 is 1.29 bits per heavy atom. The standard InChI is InChI=1S/C20H24ClN3O4/c1-4-5-6-9-28-20-18(24(25)26)10-15(11-19(20)27-3)13-22-23-16-8-7-14(2)17(21)12-16/h7-8,10-13,23H,4-6,9H2,1-3H3/b22-13+. The minimum Gasteiger partial charge on any atom is -0.493 e. The first-order valence-electron chi connectivity index (χ1n) is 9.00. The Labute approximate surface area is 169 Å². The number of benzene rings is 2. The second-order valence-electron chi connectivity index (χ2n) is 6.22. The highest BCUT2D eigenvalue weighted by atomic mass is 35.5. The second kappa shape index (κ2) is 10.5. The van der Waals surface area contributed by atoms with Crippen LogP contribution in [0.3, 0.4) is 0 Å². The normalized spacial score (nSPS) is 10.9. The number of nitrogens with one attached hydrogen (secondary N) is 1. The highest BCUT2D eigenvalue weighted by molar-refractivity contribution is 6.31. The zero-order valence-electron chi connectivity index (χ0n) is 16.2. The average molecular weight is 406 g/mol. The monoisotopic (exact) mass is 405 g/mol. The molecule has 0 bridgehead atoms. The smallest absolute Gasteiger partial charge is 0.315 e. The molecule has 2 aromatic rings. The van der Waals surface area contributed by atoms with Crippen molar-refractivity contribution in [2.45, 2.75) is 33.1 Å². The number of anilines is 1. The van der Waals surface area contributed by atoms with E-state index in [0.29, 0.717) is 28.6 Å². The summed E-state index contributed by atoms with van der Waals surface area (Å²) in [5, 5.41) is 16.2. The van der Waals surface area contributed by atoms with Gasteiger partial charge in [-0.1, -0.05) is 37.4 Å². The highest BCUT2D eigenvalue weighted by Gasteiger charge is 2.22. The van der Waals surface area contributed by atoms with Crippen LogP contribution in [0.4, 0.5) is 11.4 Å². The summed E-state index contributed by atoms with van der Waals surface area (Å²) in [6, 6.07) is 8.53. The molecule has 7 nitrogen and oxygen atoms in total. The Morgan fingerprint density at radius 3 is 2.71 bits per heavy atom. The van der Waals surface area contributed by atoms with Crippen LogP contribution in [0.1, 0.15) is 37.3 Å². The van der Waals surface area contributed by atoms with Crippen LogP contribution in [-0.2, 0) is 0 Å². The first kappa shape index (κ1) is 21.5. The Hall–Kier alpha value is -2.80. The van der Waals surface area contributed by atoms with Gasteiger partial charge in [0, 0.05) is 16.7 Å². The van der Waals surface area contributed by atoms with Crippen molar-refractivity contribution in [3.63, 3.8) is 0 Å². The summed E-state index contributed by atoms with van der Waals surface area (Å²) in [4.78, 5) is 11.0. The van der Waals surface area contributed by atoms with Gasteiger partial charge in [0.05, 0.1) is 30.5 Å². The van der Waals surface area contributed by atoms with Crippen LogP contribution in [0.15, 0.2) is 35.4 Å². The Balaban J connectivity index is 2.20. The molecule has 150 valence electrons. The fourth-order valence-electron chi connectivity index (χ4n) is 2.49. The van der Waals surface area contributed by atoms with Crippen molar-refractivity contribution in [1.29, 1.82) is 0 Å². The van der Waals surface area contributed by atoms with E-state index in [1.807, 2.05) is 19.1 Å². The number of nitro benzene ring substituents is 1. The van der Waals surface area contributed by atoms with Crippen molar-refractivity contribution in [2.75, 3.05) is 19.1 Å². The van der Waals surface area contributed by atoms with E-state index in [2.05, 4.69) is 17.5 Å². The average Bonchev–Trinajstić information content (AvgIpc) is 2.68. The van der Waals surface area contributed by atoms with Gasteiger partial charge in [-0.05, 0) is 37.1 Å². The number of unbranched alkanes of at least 4 members (excludes halogenated alkanes) is 2. The summed E-state index contributed by atoms with van der Waals surface area (Å²) >= 11 is 6.09. The lowest BCUT2D eigenvalue weighted by Gasteiger charge is -2.11. The molecule has 0 spiro atoms. The minimum absolute atomic E-state index is 0.138. The molecule has 0 fully saturated rings. The summed E-state index contributed by atoms with van der Waals surface area (Å²) in [5.74, 6) is 0.435. The molecule has 1 N–H and O–H groups in total. The van der Waals surface area contributed by atoms with E-state index in [1.165, 1.54) is 19.4 Å². The molecule has 0 aliphatic rings. The van der Waals surface area contributed by atoms with Gasteiger partial charge in [-0.3, -0.25) is 15.5 Å². The van der Waals surface area contributed by atoms with E-state index in [9.17, 15) is 10.1 Å². The number of hydrogen-bond donors (Lipinski definition) is 1. The third-order valence-electron chi connectivity index (χ3n) is 4.05. The van der Waals surface area contributed by atoms with Gasteiger partial charge in [0.25, 0.3) is 0 Å². The molecule has 2 rings (SSSR count). The molecule has 0 aliphatic heterocycles. The third-order valence-corrected chi connectivity index (χ3v) is 4.45. The Kier molecular flexibility index (Phi) is 8.07. The van der Waals surface area contributed by atoms with Gasteiger partial charge in [-0.2, -0.15) is 5.10 Å². The van der Waals surface area contributed by atoms with E-state index in [0.717, 1.165) is 24.8 Å². The van der Waals surface area contributed by atoms with E-state index in [-0.39, 0.29) is 11.4 Å². The first-order chi connectivity index (χ1) is 13.5. The minimum atomic E-state index is -0.484. The number of aryl methyl sites for hydroxylation is 1. The predicted octanol–water partition coefficient (Wildman–Crippen LogP) is 5.58. The number of hydrazone groups is 1. The zero-order valence-corrected chi connectivity index (χ0v) is 17.0. The van der Waals surface area contributed by atoms with E-state index in [4.69, 9.17) is 21.1 Å². The number of hydrogen-bond acceptors (Lipinski definition) is 6. The summed E-state index contributed by atoms with van der Waals surface area (Å²) in [5.41, 5.74) is 4.88. The molecule has 0 amide bonds. The number of rotatable bonds is 10. The Morgan fingerprint density at radius 2 is 2.07 bits per heavy atom. The molecule has 0 aliphatic carbocycles. The third kappa shape index (κ3) is 5.85. The van der Waals surface area contributed by atoms with Crippen LogP contribution in [0.5, 0.6) is 11.5 Å². The lowest BCUT2D eigenvalue weighted by molar-refractivity contribution is -0.386. The van der Waals surface area contributed by atoms with Gasteiger partial charge >= 0.3 is 5.69 Å². The molecule has 0 radical (unpaired) electrons. The van der Waals surface area contributed by atoms with Gasteiger partial charge < -0.3 is 9.47 Å². The van der Waals surface area contributed by atoms with E-state index < -0.39 is 4.92 Å². The van der Waals surface area contributed by atoms with Gasteiger partial charge in [0.2, 0.25) is 5.75 Å². The summed E-state index contributed by atoms with van der Waals surface area (Å²) < 4.78 is 10.9. The van der Waals surface area contributed by atoms with Crippen LogP contribution in [0, 0.1) is 17.0 Å². The number of halogens is 1. The van der Waals surface area contributed by atoms with Crippen LogP contribution >= 0.6 is 11.6 Å². The molecule has 28 heavy (non-hydrogen) atoms. The number of nitro groups is 1. The van der Waals surface area contributed by atoms with E-state index in [1.54, 1.807) is 12.1 Å². The van der Waals surface area contributed by atoms with Crippen molar-refractivity contribution < 1.29 is 14.4 Å². The maximum absolute atomic E-state index is 11.5. The van der Waals surface area contributed by atoms with Crippen molar-refractivity contribution in [2.24, 2.45) is 5.10 Å². The van der Waals surface area contributed by atoms with Crippen LogP contribution < -0.4 is 14.9 Å². The maximum atomic E-state index is 11.5. The fraction of sp³-hybridized carbons (Fsp3) is 0.350. The molecule has 0 aromatic heterocycles. The summed E-state index contributed by atoms with van der Waals surface area (Å²) in [6.45, 7) is 4.39. The highest BCUT2D eigenvalue weighted by Crippen LogP contribution is 2.38. The molecule has 2 aromatic carbocycles. The SMILES string of the molecule is CCCCCOc1c(OC)cc(/C=N/Nc2ccc(C)c(Cl)c2)cc1[N+](=O)[O-].